The molecule has 1 fully saturated rings. The SMILES string of the molecule is CC.CCCC1CCC(C)CC1.CCCc1ccc(C)cc1. The Kier molecular flexibility index (Phi) is 13.4. The van der Waals surface area contributed by atoms with Gasteiger partial charge in [0.05, 0.1) is 0 Å². The first kappa shape index (κ1) is 21.2. The number of aryl methyl sites for hydroxylation is 2. The molecule has 22 heavy (non-hydrogen) atoms. The summed E-state index contributed by atoms with van der Waals surface area (Å²) in [7, 11) is 0. The standard InChI is InChI=1S/C10H20.C10H14.C2H6/c2*1-3-4-10-7-5-9(2)6-8-10;1-2/h9-10H,3-8H2,1-2H3;5-8H,3-4H2,1-2H3;1-2H3. The van der Waals surface area contributed by atoms with Gasteiger partial charge in [-0.2, -0.15) is 0 Å². The molecule has 0 amide bonds. The van der Waals surface area contributed by atoms with Crippen molar-refractivity contribution in [3.05, 3.63) is 35.4 Å². The molecular formula is C22H40. The Bertz CT molecular complexity index is 328. The molecule has 0 heterocycles. The molecule has 0 aliphatic heterocycles. The average Bonchev–Trinajstić information content (AvgIpc) is 2.55. The molecule has 0 unspecified atom stereocenters. The van der Waals surface area contributed by atoms with Crippen molar-refractivity contribution in [2.45, 2.75) is 92.9 Å². The molecule has 1 aliphatic carbocycles. The summed E-state index contributed by atoms with van der Waals surface area (Å²) in [5.74, 6) is 2.11. The van der Waals surface area contributed by atoms with Crippen molar-refractivity contribution in [2.24, 2.45) is 11.8 Å². The molecule has 1 saturated carbocycles. The van der Waals surface area contributed by atoms with Gasteiger partial charge < -0.3 is 0 Å². The van der Waals surface area contributed by atoms with Gasteiger partial charge in [0.1, 0.15) is 0 Å². The highest BCUT2D eigenvalue weighted by atomic mass is 14.2. The van der Waals surface area contributed by atoms with Gasteiger partial charge in [0.15, 0.2) is 0 Å². The molecule has 1 aliphatic rings. The van der Waals surface area contributed by atoms with Crippen molar-refractivity contribution in [1.29, 1.82) is 0 Å². The molecule has 1 aromatic carbocycles. The zero-order valence-electron chi connectivity index (χ0n) is 16.1. The van der Waals surface area contributed by atoms with E-state index in [-0.39, 0.29) is 0 Å². The number of hydrogen-bond donors (Lipinski definition) is 0. The lowest BCUT2D eigenvalue weighted by atomic mass is 9.81. The van der Waals surface area contributed by atoms with Gasteiger partial charge in [-0.3, -0.25) is 0 Å². The smallest absolute Gasteiger partial charge is 0.0281 e. The monoisotopic (exact) mass is 304 g/mol. The first-order chi connectivity index (χ1) is 10.7. The van der Waals surface area contributed by atoms with E-state index in [2.05, 4.69) is 52.0 Å². The lowest BCUT2D eigenvalue weighted by molar-refractivity contribution is 0.276. The Balaban J connectivity index is 0.000000360. The minimum absolute atomic E-state index is 1.02. The van der Waals surface area contributed by atoms with Gasteiger partial charge in [0, 0.05) is 0 Å². The van der Waals surface area contributed by atoms with Gasteiger partial charge in [-0.1, -0.05) is 109 Å². The molecule has 2 rings (SSSR count). The highest BCUT2D eigenvalue weighted by Crippen LogP contribution is 2.30. The number of benzene rings is 1. The third-order valence-corrected chi connectivity index (χ3v) is 4.49. The van der Waals surface area contributed by atoms with Crippen LogP contribution < -0.4 is 0 Å². The van der Waals surface area contributed by atoms with E-state index in [1.807, 2.05) is 13.8 Å². The van der Waals surface area contributed by atoms with Crippen LogP contribution in [0.15, 0.2) is 24.3 Å². The fourth-order valence-electron chi connectivity index (χ4n) is 3.07. The second-order valence-corrected chi connectivity index (χ2v) is 6.65. The molecule has 0 saturated heterocycles. The summed E-state index contributed by atoms with van der Waals surface area (Å²) in [6, 6.07) is 8.76. The second kappa shape index (κ2) is 13.9. The van der Waals surface area contributed by atoms with Crippen LogP contribution in [-0.2, 0) is 6.42 Å². The summed E-state index contributed by atoms with van der Waals surface area (Å²) in [5.41, 5.74) is 2.80. The molecule has 0 spiro atoms. The lowest BCUT2D eigenvalue weighted by Crippen LogP contribution is -2.11. The van der Waals surface area contributed by atoms with Crippen molar-refractivity contribution < 1.29 is 0 Å². The van der Waals surface area contributed by atoms with Crippen molar-refractivity contribution in [3.8, 4) is 0 Å². The molecular weight excluding hydrogens is 264 g/mol. The van der Waals surface area contributed by atoms with Crippen LogP contribution in [0, 0.1) is 18.8 Å². The minimum atomic E-state index is 1.02. The van der Waals surface area contributed by atoms with Crippen LogP contribution in [0.2, 0.25) is 0 Å². The maximum Gasteiger partial charge on any atom is -0.0281 e. The van der Waals surface area contributed by atoms with Gasteiger partial charge in [0.2, 0.25) is 0 Å². The number of rotatable bonds is 4. The Labute approximate surface area is 140 Å². The summed E-state index contributed by atoms with van der Waals surface area (Å²) in [5, 5.41) is 0. The Morgan fingerprint density at radius 1 is 0.864 bits per heavy atom. The summed E-state index contributed by atoms with van der Waals surface area (Å²) in [6.07, 6.45) is 11.3. The van der Waals surface area contributed by atoms with Crippen molar-refractivity contribution >= 4 is 0 Å². The van der Waals surface area contributed by atoms with E-state index >= 15 is 0 Å². The average molecular weight is 305 g/mol. The highest BCUT2D eigenvalue weighted by Gasteiger charge is 2.16. The molecule has 0 N–H and O–H groups in total. The molecule has 0 bridgehead atoms. The normalized spacial score (nSPS) is 20.3. The third-order valence-electron chi connectivity index (χ3n) is 4.49. The molecule has 128 valence electrons. The fraction of sp³-hybridized carbons (Fsp3) is 0.727. The van der Waals surface area contributed by atoms with Gasteiger partial charge >= 0.3 is 0 Å². The quantitative estimate of drug-likeness (QED) is 0.537. The Morgan fingerprint density at radius 2 is 1.41 bits per heavy atom. The first-order valence-electron chi connectivity index (χ1n) is 9.71. The van der Waals surface area contributed by atoms with E-state index in [0.717, 1.165) is 11.8 Å². The van der Waals surface area contributed by atoms with E-state index in [9.17, 15) is 0 Å². The van der Waals surface area contributed by atoms with Gasteiger partial charge in [0.25, 0.3) is 0 Å². The van der Waals surface area contributed by atoms with E-state index < -0.39 is 0 Å². The predicted octanol–water partition coefficient (Wildman–Crippen LogP) is 7.59. The van der Waals surface area contributed by atoms with E-state index in [0.29, 0.717) is 0 Å². The summed E-state index contributed by atoms with van der Waals surface area (Å²) < 4.78 is 0. The molecule has 0 nitrogen and oxygen atoms in total. The van der Waals surface area contributed by atoms with E-state index in [1.165, 1.54) is 62.5 Å². The Hall–Kier alpha value is -0.780. The van der Waals surface area contributed by atoms with Gasteiger partial charge in [-0.25, -0.2) is 0 Å². The zero-order chi connectivity index (χ0) is 16.8. The van der Waals surface area contributed by atoms with Crippen molar-refractivity contribution in [3.63, 3.8) is 0 Å². The number of hydrogen-bond acceptors (Lipinski definition) is 0. The maximum absolute atomic E-state index is 2.39. The van der Waals surface area contributed by atoms with E-state index in [1.54, 1.807) is 0 Å². The topological polar surface area (TPSA) is 0 Å². The van der Waals surface area contributed by atoms with Crippen LogP contribution in [0.25, 0.3) is 0 Å². The predicted molar refractivity (Wildman–Crippen MR) is 103 cm³/mol. The maximum atomic E-state index is 2.39. The van der Waals surface area contributed by atoms with Crippen LogP contribution in [0.5, 0.6) is 0 Å². The molecule has 1 aromatic rings. The minimum Gasteiger partial charge on any atom is -0.0683 e. The summed E-state index contributed by atoms with van der Waals surface area (Å²) in [6.45, 7) is 13.0. The van der Waals surface area contributed by atoms with Gasteiger partial charge in [-0.15, -0.1) is 0 Å². The van der Waals surface area contributed by atoms with Crippen LogP contribution >= 0.6 is 0 Å². The molecule has 0 aromatic heterocycles. The second-order valence-electron chi connectivity index (χ2n) is 6.65. The molecule has 0 heteroatoms. The molecule has 0 radical (unpaired) electrons. The Morgan fingerprint density at radius 3 is 1.86 bits per heavy atom. The zero-order valence-corrected chi connectivity index (χ0v) is 16.1. The van der Waals surface area contributed by atoms with Crippen molar-refractivity contribution in [1.82, 2.24) is 0 Å². The van der Waals surface area contributed by atoms with Gasteiger partial charge in [-0.05, 0) is 30.7 Å². The van der Waals surface area contributed by atoms with Crippen LogP contribution in [0.1, 0.15) is 90.7 Å². The first-order valence-corrected chi connectivity index (χ1v) is 9.71. The lowest BCUT2D eigenvalue weighted by Gasteiger charge is -2.25. The summed E-state index contributed by atoms with van der Waals surface area (Å²) >= 11 is 0. The highest BCUT2D eigenvalue weighted by molar-refractivity contribution is 5.21. The van der Waals surface area contributed by atoms with Crippen LogP contribution in [0.4, 0.5) is 0 Å². The van der Waals surface area contributed by atoms with Crippen molar-refractivity contribution in [2.75, 3.05) is 0 Å². The van der Waals surface area contributed by atoms with Crippen LogP contribution in [-0.4, -0.2) is 0 Å². The summed E-state index contributed by atoms with van der Waals surface area (Å²) in [4.78, 5) is 0. The van der Waals surface area contributed by atoms with E-state index in [4.69, 9.17) is 0 Å². The molecule has 0 atom stereocenters. The van der Waals surface area contributed by atoms with Crippen LogP contribution in [0.3, 0.4) is 0 Å². The third kappa shape index (κ3) is 10.0. The largest absolute Gasteiger partial charge is 0.0683 e. The fourth-order valence-corrected chi connectivity index (χ4v) is 3.07.